The first-order valence-corrected chi connectivity index (χ1v) is 5.92. The number of halogens is 2. The van der Waals surface area contributed by atoms with Gasteiger partial charge in [0.2, 0.25) is 5.13 Å². The van der Waals surface area contributed by atoms with Crippen LogP contribution in [0.1, 0.15) is 5.01 Å². The maximum Gasteiger partial charge on any atom is 0.203 e. The van der Waals surface area contributed by atoms with Gasteiger partial charge in [0.05, 0.1) is 4.47 Å². The molecule has 0 fully saturated rings. The summed E-state index contributed by atoms with van der Waals surface area (Å²) in [5, 5.41) is 8.54. The average Bonchev–Trinajstić information content (AvgIpc) is 2.63. The van der Waals surface area contributed by atoms with Crippen LogP contribution in [0.5, 0.6) is 5.75 Å². The highest BCUT2D eigenvalue weighted by Crippen LogP contribution is 2.26. The maximum absolute atomic E-state index is 12.8. The number of benzene rings is 1. The van der Waals surface area contributed by atoms with E-state index in [4.69, 9.17) is 10.5 Å². The quantitative estimate of drug-likeness (QED) is 0.947. The molecule has 0 saturated carbocycles. The van der Waals surface area contributed by atoms with Crippen molar-refractivity contribution in [1.29, 1.82) is 0 Å². The molecule has 0 atom stereocenters. The number of nitrogens with two attached hydrogens (primary N) is 1. The molecule has 0 spiro atoms. The van der Waals surface area contributed by atoms with E-state index in [9.17, 15) is 4.39 Å². The van der Waals surface area contributed by atoms with Crippen LogP contribution in [0.2, 0.25) is 0 Å². The number of hydrogen-bond acceptors (Lipinski definition) is 5. The molecule has 4 nitrogen and oxygen atoms in total. The van der Waals surface area contributed by atoms with Crippen molar-refractivity contribution in [3.63, 3.8) is 0 Å². The summed E-state index contributed by atoms with van der Waals surface area (Å²) >= 11 is 4.46. The topological polar surface area (TPSA) is 61.0 Å². The van der Waals surface area contributed by atoms with Crippen LogP contribution in [0, 0.1) is 5.82 Å². The second kappa shape index (κ2) is 4.75. The first-order chi connectivity index (χ1) is 7.65. The summed E-state index contributed by atoms with van der Waals surface area (Å²) in [4.78, 5) is 0. The van der Waals surface area contributed by atoms with Gasteiger partial charge in [0.15, 0.2) is 5.01 Å². The number of nitrogen functional groups attached to an aromatic ring is 1. The number of aromatic nitrogens is 2. The van der Waals surface area contributed by atoms with Gasteiger partial charge in [-0.05, 0) is 34.1 Å². The standard InChI is InChI=1S/C9H7BrFN3OS/c10-6-3-5(11)1-2-7(6)15-4-8-13-14-9(12)16-8/h1-3H,4H2,(H2,12,14). The van der Waals surface area contributed by atoms with Gasteiger partial charge in [-0.2, -0.15) is 0 Å². The summed E-state index contributed by atoms with van der Waals surface area (Å²) in [6, 6.07) is 4.21. The Balaban J connectivity index is 2.04. The van der Waals surface area contributed by atoms with Gasteiger partial charge in [0, 0.05) is 0 Å². The SMILES string of the molecule is Nc1nnc(COc2ccc(F)cc2Br)s1. The normalized spacial score (nSPS) is 10.4. The zero-order valence-electron chi connectivity index (χ0n) is 7.98. The van der Waals surface area contributed by atoms with Gasteiger partial charge in [0.1, 0.15) is 18.2 Å². The molecule has 0 unspecified atom stereocenters. The number of hydrogen-bond donors (Lipinski definition) is 1. The molecule has 84 valence electrons. The Morgan fingerprint density at radius 2 is 2.25 bits per heavy atom. The fourth-order valence-corrected chi connectivity index (χ4v) is 2.04. The minimum absolute atomic E-state index is 0.263. The summed E-state index contributed by atoms with van der Waals surface area (Å²) in [6.45, 7) is 0.263. The van der Waals surface area contributed by atoms with Gasteiger partial charge in [-0.15, -0.1) is 10.2 Å². The molecule has 2 N–H and O–H groups in total. The highest BCUT2D eigenvalue weighted by Gasteiger charge is 2.05. The fourth-order valence-electron chi connectivity index (χ4n) is 1.06. The number of rotatable bonds is 3. The van der Waals surface area contributed by atoms with Gasteiger partial charge in [-0.25, -0.2) is 4.39 Å². The first kappa shape index (κ1) is 11.3. The monoisotopic (exact) mass is 303 g/mol. The predicted molar refractivity (Wildman–Crippen MR) is 62.8 cm³/mol. The molecule has 1 aromatic carbocycles. The minimum Gasteiger partial charge on any atom is -0.485 e. The first-order valence-electron chi connectivity index (χ1n) is 4.31. The van der Waals surface area contributed by atoms with Crippen LogP contribution >= 0.6 is 27.3 Å². The summed E-state index contributed by atoms with van der Waals surface area (Å²) in [7, 11) is 0. The van der Waals surface area contributed by atoms with Gasteiger partial charge in [-0.3, -0.25) is 0 Å². The number of ether oxygens (including phenoxy) is 1. The molecule has 0 aliphatic heterocycles. The summed E-state index contributed by atoms with van der Waals surface area (Å²) in [6.07, 6.45) is 0. The van der Waals surface area contributed by atoms with Crippen molar-refractivity contribution in [2.45, 2.75) is 6.61 Å². The van der Waals surface area contributed by atoms with Crippen LogP contribution in [0.25, 0.3) is 0 Å². The van der Waals surface area contributed by atoms with E-state index in [0.29, 0.717) is 20.4 Å². The lowest BCUT2D eigenvalue weighted by Crippen LogP contribution is -1.95. The molecule has 0 bridgehead atoms. The van der Waals surface area contributed by atoms with Crippen molar-refractivity contribution in [2.75, 3.05) is 5.73 Å². The van der Waals surface area contributed by atoms with E-state index < -0.39 is 0 Å². The van der Waals surface area contributed by atoms with Crippen LogP contribution in [0.15, 0.2) is 22.7 Å². The van der Waals surface area contributed by atoms with Crippen molar-refractivity contribution in [1.82, 2.24) is 10.2 Å². The molecule has 0 radical (unpaired) electrons. The Hall–Kier alpha value is -1.21. The highest BCUT2D eigenvalue weighted by atomic mass is 79.9. The zero-order chi connectivity index (χ0) is 11.5. The summed E-state index contributed by atoms with van der Waals surface area (Å²) in [5.74, 6) is 0.231. The second-order valence-corrected chi connectivity index (χ2v) is 4.85. The van der Waals surface area contributed by atoms with Crippen LogP contribution < -0.4 is 10.5 Å². The highest BCUT2D eigenvalue weighted by molar-refractivity contribution is 9.10. The Morgan fingerprint density at radius 3 is 2.88 bits per heavy atom. The Labute approximate surface area is 103 Å². The Kier molecular flexibility index (Phi) is 3.35. The largest absolute Gasteiger partial charge is 0.485 e. The van der Waals surface area contributed by atoms with Crippen molar-refractivity contribution in [3.8, 4) is 5.75 Å². The lowest BCUT2D eigenvalue weighted by molar-refractivity contribution is 0.302. The van der Waals surface area contributed by atoms with Crippen molar-refractivity contribution in [2.24, 2.45) is 0 Å². The zero-order valence-corrected chi connectivity index (χ0v) is 10.4. The lowest BCUT2D eigenvalue weighted by atomic mass is 10.3. The van der Waals surface area contributed by atoms with Crippen molar-refractivity contribution < 1.29 is 9.13 Å². The average molecular weight is 304 g/mol. The second-order valence-electron chi connectivity index (χ2n) is 2.90. The third-order valence-corrected chi connectivity index (χ3v) is 3.07. The van der Waals surface area contributed by atoms with E-state index in [1.165, 1.54) is 23.5 Å². The molecule has 0 amide bonds. The van der Waals surface area contributed by atoms with E-state index in [1.54, 1.807) is 6.07 Å². The van der Waals surface area contributed by atoms with Crippen LogP contribution in [-0.2, 0) is 6.61 Å². The smallest absolute Gasteiger partial charge is 0.203 e. The summed E-state index contributed by atoms with van der Waals surface area (Å²) in [5.41, 5.74) is 5.43. The van der Waals surface area contributed by atoms with E-state index in [2.05, 4.69) is 26.1 Å². The number of nitrogens with zero attached hydrogens (tertiary/aromatic N) is 2. The van der Waals surface area contributed by atoms with Gasteiger partial charge < -0.3 is 10.5 Å². The van der Waals surface area contributed by atoms with Gasteiger partial charge >= 0.3 is 0 Å². The molecule has 1 aromatic heterocycles. The maximum atomic E-state index is 12.8. The molecule has 7 heteroatoms. The molecule has 16 heavy (non-hydrogen) atoms. The molecule has 1 heterocycles. The Morgan fingerprint density at radius 1 is 1.44 bits per heavy atom. The third-order valence-electron chi connectivity index (χ3n) is 1.73. The Bertz CT molecular complexity index is 505. The molecule has 0 aliphatic carbocycles. The van der Waals surface area contributed by atoms with Crippen molar-refractivity contribution >= 4 is 32.4 Å². The number of anilines is 1. The summed E-state index contributed by atoms with van der Waals surface area (Å²) < 4.78 is 18.8. The van der Waals surface area contributed by atoms with Crippen LogP contribution in [-0.4, -0.2) is 10.2 Å². The van der Waals surface area contributed by atoms with E-state index >= 15 is 0 Å². The molecule has 2 aromatic rings. The molecule has 0 aliphatic rings. The van der Waals surface area contributed by atoms with E-state index in [-0.39, 0.29) is 12.4 Å². The van der Waals surface area contributed by atoms with E-state index in [1.807, 2.05) is 0 Å². The minimum atomic E-state index is -0.320. The lowest BCUT2D eigenvalue weighted by Gasteiger charge is -2.05. The van der Waals surface area contributed by atoms with Crippen molar-refractivity contribution in [3.05, 3.63) is 33.5 Å². The van der Waals surface area contributed by atoms with Crippen LogP contribution in [0.3, 0.4) is 0 Å². The molecule has 0 saturated heterocycles. The fraction of sp³-hybridized carbons (Fsp3) is 0.111. The van der Waals surface area contributed by atoms with Gasteiger partial charge in [0.25, 0.3) is 0 Å². The molecular weight excluding hydrogens is 297 g/mol. The third kappa shape index (κ3) is 2.67. The molecular formula is C9H7BrFN3OS. The molecule has 2 rings (SSSR count). The van der Waals surface area contributed by atoms with E-state index in [0.717, 1.165) is 0 Å². The van der Waals surface area contributed by atoms with Gasteiger partial charge in [-0.1, -0.05) is 11.3 Å². The van der Waals surface area contributed by atoms with Crippen LogP contribution in [0.4, 0.5) is 9.52 Å². The predicted octanol–water partition coefficient (Wildman–Crippen LogP) is 2.60.